The summed E-state index contributed by atoms with van der Waals surface area (Å²) in [5.41, 5.74) is 3.40. The Morgan fingerprint density at radius 2 is 2.18 bits per heavy atom. The molecule has 0 bridgehead atoms. The number of nitrogens with one attached hydrogen (secondary N) is 1. The normalized spacial score (nSPS) is 17.6. The van der Waals surface area contributed by atoms with Crippen LogP contribution in [-0.2, 0) is 16.1 Å². The van der Waals surface area contributed by atoms with Crippen LogP contribution >= 0.6 is 11.3 Å². The van der Waals surface area contributed by atoms with Gasteiger partial charge < -0.3 is 15.0 Å². The number of hydrogen-bond donors (Lipinski definition) is 1. The van der Waals surface area contributed by atoms with Gasteiger partial charge in [-0.15, -0.1) is 10.2 Å². The second-order valence-corrected chi connectivity index (χ2v) is 8.40. The van der Waals surface area contributed by atoms with Crippen LogP contribution < -0.4 is 5.32 Å². The summed E-state index contributed by atoms with van der Waals surface area (Å²) >= 11 is 1.59. The highest BCUT2D eigenvalue weighted by Gasteiger charge is 2.19. The molecule has 1 amide bonds. The number of aryl methyl sites for hydroxylation is 1. The highest BCUT2D eigenvalue weighted by Crippen LogP contribution is 2.29. The lowest BCUT2D eigenvalue weighted by atomic mass is 10.0. The van der Waals surface area contributed by atoms with E-state index in [2.05, 4.69) is 43.5 Å². The maximum absolute atomic E-state index is 12.6. The molecule has 7 nitrogen and oxygen atoms in total. The fourth-order valence-electron chi connectivity index (χ4n) is 3.49. The zero-order chi connectivity index (χ0) is 19.5. The van der Waals surface area contributed by atoms with Gasteiger partial charge in [-0.2, -0.15) is 0 Å². The minimum Gasteiger partial charge on any atom is -0.380 e. The van der Waals surface area contributed by atoms with Gasteiger partial charge >= 0.3 is 0 Å². The molecule has 2 aliphatic heterocycles. The number of carbonyl (C=O) groups excluding carboxylic acids is 1. The van der Waals surface area contributed by atoms with Crippen molar-refractivity contribution < 1.29 is 9.53 Å². The monoisotopic (exact) mass is 399 g/mol. The SMILES string of the molecule is Cc1nnc(-c2ccc3c(c2)C=C(NC(=O)CN2CCCOCC2)N(C)C3)s1. The van der Waals surface area contributed by atoms with Crippen molar-refractivity contribution in [3.8, 4) is 10.6 Å². The smallest absolute Gasteiger partial charge is 0.239 e. The number of carbonyl (C=O) groups is 1. The third-order valence-corrected chi connectivity index (χ3v) is 5.87. The average Bonchev–Trinajstić information content (AvgIpc) is 2.94. The highest BCUT2D eigenvalue weighted by molar-refractivity contribution is 7.14. The van der Waals surface area contributed by atoms with Gasteiger partial charge in [0.15, 0.2) is 0 Å². The van der Waals surface area contributed by atoms with Crippen molar-refractivity contribution in [3.63, 3.8) is 0 Å². The first-order valence-corrected chi connectivity index (χ1v) is 10.4. The van der Waals surface area contributed by atoms with Gasteiger partial charge in [0, 0.05) is 38.9 Å². The molecule has 0 atom stereocenters. The molecule has 0 saturated carbocycles. The van der Waals surface area contributed by atoms with Crippen molar-refractivity contribution in [3.05, 3.63) is 40.2 Å². The van der Waals surface area contributed by atoms with Crippen molar-refractivity contribution in [2.45, 2.75) is 19.9 Å². The molecule has 2 aliphatic rings. The largest absolute Gasteiger partial charge is 0.380 e. The van der Waals surface area contributed by atoms with Crippen molar-refractivity contribution >= 4 is 23.3 Å². The molecule has 0 aliphatic carbocycles. The Kier molecular flexibility index (Phi) is 5.70. The standard InChI is InChI=1S/C20H25N5O2S/c1-14-22-23-20(28-14)15-4-5-16-12-24(2)18(11-17(16)10-15)21-19(26)13-25-6-3-8-27-9-7-25/h4-5,10-11H,3,6-9,12-13H2,1-2H3,(H,21,26). The van der Waals surface area contributed by atoms with Gasteiger partial charge in [-0.25, -0.2) is 0 Å². The predicted octanol–water partition coefficient (Wildman–Crippen LogP) is 2.10. The molecule has 1 fully saturated rings. The van der Waals surface area contributed by atoms with E-state index in [4.69, 9.17) is 4.74 Å². The lowest BCUT2D eigenvalue weighted by molar-refractivity contribution is -0.121. The van der Waals surface area contributed by atoms with Crippen LogP contribution in [0.3, 0.4) is 0 Å². The Bertz CT molecular complexity index is 886. The third-order valence-electron chi connectivity index (χ3n) is 4.98. The van der Waals surface area contributed by atoms with Crippen LogP contribution in [-0.4, -0.2) is 65.8 Å². The zero-order valence-electron chi connectivity index (χ0n) is 16.3. The first-order chi connectivity index (χ1) is 13.6. The first kappa shape index (κ1) is 19.0. The first-order valence-electron chi connectivity index (χ1n) is 9.55. The molecular weight excluding hydrogens is 374 g/mol. The minimum absolute atomic E-state index is 0.0133. The molecule has 148 valence electrons. The summed E-state index contributed by atoms with van der Waals surface area (Å²) in [6.45, 7) is 6.28. The molecule has 1 aromatic heterocycles. The average molecular weight is 400 g/mol. The summed E-state index contributed by atoms with van der Waals surface area (Å²) in [5, 5.41) is 13.3. The van der Waals surface area contributed by atoms with Crippen molar-refractivity contribution in [1.29, 1.82) is 0 Å². The Labute approximate surface area is 169 Å². The van der Waals surface area contributed by atoms with E-state index < -0.39 is 0 Å². The Morgan fingerprint density at radius 1 is 1.29 bits per heavy atom. The highest BCUT2D eigenvalue weighted by atomic mass is 32.1. The summed E-state index contributed by atoms with van der Waals surface area (Å²) in [7, 11) is 2.00. The van der Waals surface area contributed by atoms with Crippen LogP contribution in [0.4, 0.5) is 0 Å². The Morgan fingerprint density at radius 3 is 3.00 bits per heavy atom. The second-order valence-electron chi connectivity index (χ2n) is 7.22. The Balaban J connectivity index is 1.48. The minimum atomic E-state index is 0.0133. The third kappa shape index (κ3) is 4.40. The molecule has 1 N–H and O–H groups in total. The fraction of sp³-hybridized carbons (Fsp3) is 0.450. The number of amides is 1. The van der Waals surface area contributed by atoms with E-state index in [-0.39, 0.29) is 5.91 Å². The lowest BCUT2D eigenvalue weighted by Crippen LogP contribution is -2.41. The Hall–Kier alpha value is -2.29. The van der Waals surface area contributed by atoms with E-state index in [9.17, 15) is 4.79 Å². The number of aromatic nitrogens is 2. The van der Waals surface area contributed by atoms with Crippen LogP contribution in [0.1, 0.15) is 22.6 Å². The maximum Gasteiger partial charge on any atom is 0.239 e. The van der Waals surface area contributed by atoms with Crippen LogP contribution in [0.15, 0.2) is 24.0 Å². The van der Waals surface area contributed by atoms with Crippen LogP contribution in [0.5, 0.6) is 0 Å². The molecule has 3 heterocycles. The summed E-state index contributed by atoms with van der Waals surface area (Å²) in [6.07, 6.45) is 3.01. The van der Waals surface area contributed by atoms with Gasteiger partial charge in [0.25, 0.3) is 0 Å². The van der Waals surface area contributed by atoms with E-state index in [1.54, 1.807) is 11.3 Å². The molecule has 4 rings (SSSR count). The maximum atomic E-state index is 12.6. The van der Waals surface area contributed by atoms with Crippen LogP contribution in [0.25, 0.3) is 16.6 Å². The fourth-order valence-corrected chi connectivity index (χ4v) is 4.18. The summed E-state index contributed by atoms with van der Waals surface area (Å²) in [6, 6.07) is 6.34. The van der Waals surface area contributed by atoms with Gasteiger partial charge in [0.05, 0.1) is 13.2 Å². The number of rotatable bonds is 4. The van der Waals surface area contributed by atoms with Gasteiger partial charge in [-0.05, 0) is 36.6 Å². The number of ether oxygens (including phenoxy) is 1. The molecule has 1 saturated heterocycles. The molecule has 28 heavy (non-hydrogen) atoms. The van der Waals surface area contributed by atoms with E-state index in [1.165, 1.54) is 5.56 Å². The van der Waals surface area contributed by atoms with E-state index >= 15 is 0 Å². The zero-order valence-corrected chi connectivity index (χ0v) is 17.1. The van der Waals surface area contributed by atoms with E-state index in [0.29, 0.717) is 13.2 Å². The molecule has 0 unspecified atom stereocenters. The van der Waals surface area contributed by atoms with Crippen molar-refractivity contribution in [2.24, 2.45) is 0 Å². The van der Waals surface area contributed by atoms with Crippen molar-refractivity contribution in [1.82, 2.24) is 25.3 Å². The topological polar surface area (TPSA) is 70.6 Å². The molecule has 2 aromatic rings. The lowest BCUT2D eigenvalue weighted by Gasteiger charge is -2.29. The van der Waals surface area contributed by atoms with Crippen LogP contribution in [0.2, 0.25) is 0 Å². The number of nitrogens with zero attached hydrogens (tertiary/aromatic N) is 4. The molecule has 8 heteroatoms. The number of fused-ring (bicyclic) bond motifs is 1. The van der Waals surface area contributed by atoms with Crippen LogP contribution in [0, 0.1) is 6.92 Å². The van der Waals surface area contributed by atoms with Gasteiger partial charge in [-0.1, -0.05) is 23.5 Å². The summed E-state index contributed by atoms with van der Waals surface area (Å²) in [5.74, 6) is 0.841. The van der Waals surface area contributed by atoms with Gasteiger partial charge in [0.2, 0.25) is 5.91 Å². The molecule has 0 radical (unpaired) electrons. The van der Waals surface area contributed by atoms with Gasteiger partial charge in [-0.3, -0.25) is 9.69 Å². The predicted molar refractivity (Wildman–Crippen MR) is 110 cm³/mol. The summed E-state index contributed by atoms with van der Waals surface area (Å²) < 4.78 is 5.46. The van der Waals surface area contributed by atoms with Crippen molar-refractivity contribution in [2.75, 3.05) is 39.9 Å². The quantitative estimate of drug-likeness (QED) is 0.849. The molecule has 1 aromatic carbocycles. The number of hydrogen-bond acceptors (Lipinski definition) is 7. The molecule has 0 spiro atoms. The number of benzene rings is 1. The summed E-state index contributed by atoms with van der Waals surface area (Å²) in [4.78, 5) is 16.8. The second kappa shape index (κ2) is 8.38. The van der Waals surface area contributed by atoms with E-state index in [1.807, 2.05) is 20.0 Å². The van der Waals surface area contributed by atoms with E-state index in [0.717, 1.165) is 59.6 Å². The molecular formula is C20H25N5O2S. The van der Waals surface area contributed by atoms with Gasteiger partial charge in [0.1, 0.15) is 15.8 Å².